The van der Waals surface area contributed by atoms with Crippen molar-refractivity contribution in [3.8, 4) is 0 Å². The third-order valence-corrected chi connectivity index (χ3v) is 6.79. The molecule has 0 spiro atoms. The third-order valence-electron chi connectivity index (χ3n) is 6.79. The molecule has 11 heteroatoms. The van der Waals surface area contributed by atoms with Gasteiger partial charge in [-0.1, -0.05) is 18.2 Å². The van der Waals surface area contributed by atoms with Crippen LogP contribution < -0.4 is 10.2 Å². The van der Waals surface area contributed by atoms with Gasteiger partial charge in [0.05, 0.1) is 23.6 Å². The smallest absolute Gasteiger partial charge is 0.393 e. The standard InChI is InChI=1S/C25H26F4N4O3/c1-12(14-7-6-8-16(20(14)26)24(36,11-34)25(27,28)29)30-21-15-9-19-17(10-18(15)31-13(2)32-21)23(3,4)22(35)33(19)5/h6-10,12,34,36H,11H2,1-5H3,(H,30,31,32). The number of aromatic nitrogens is 2. The van der Waals surface area contributed by atoms with E-state index in [-0.39, 0.29) is 11.5 Å². The van der Waals surface area contributed by atoms with Gasteiger partial charge in [-0.2, -0.15) is 13.2 Å². The summed E-state index contributed by atoms with van der Waals surface area (Å²) in [4.78, 5) is 23.2. The van der Waals surface area contributed by atoms with E-state index in [0.717, 1.165) is 11.6 Å². The van der Waals surface area contributed by atoms with Crippen molar-refractivity contribution in [1.82, 2.24) is 9.97 Å². The molecule has 0 saturated heterocycles. The molecule has 2 aromatic carbocycles. The minimum atomic E-state index is -5.30. The minimum absolute atomic E-state index is 0.0831. The maximum Gasteiger partial charge on any atom is 0.423 e. The molecular weight excluding hydrogens is 480 g/mol. The molecule has 192 valence electrons. The third kappa shape index (κ3) is 3.77. The first-order valence-corrected chi connectivity index (χ1v) is 11.2. The highest BCUT2D eigenvalue weighted by atomic mass is 19.4. The molecule has 4 rings (SSSR count). The Labute approximate surface area is 204 Å². The number of amides is 1. The predicted molar refractivity (Wildman–Crippen MR) is 126 cm³/mol. The molecule has 2 heterocycles. The summed E-state index contributed by atoms with van der Waals surface area (Å²) in [6, 6.07) is 5.93. The number of aliphatic hydroxyl groups excluding tert-OH is 1. The normalized spacial score (nSPS) is 17.8. The van der Waals surface area contributed by atoms with Crippen LogP contribution in [0.3, 0.4) is 0 Å². The fourth-order valence-electron chi connectivity index (χ4n) is 4.63. The van der Waals surface area contributed by atoms with Crippen LogP contribution in [0.4, 0.5) is 29.1 Å². The van der Waals surface area contributed by atoms with Gasteiger partial charge in [0.15, 0.2) is 0 Å². The first-order chi connectivity index (χ1) is 16.6. The summed E-state index contributed by atoms with van der Waals surface area (Å²) in [5.74, 6) is -0.681. The first-order valence-electron chi connectivity index (χ1n) is 11.2. The number of carbonyl (C=O) groups excluding carboxylic acids is 1. The monoisotopic (exact) mass is 506 g/mol. The van der Waals surface area contributed by atoms with Crippen molar-refractivity contribution < 1.29 is 32.6 Å². The van der Waals surface area contributed by atoms with Gasteiger partial charge in [0.2, 0.25) is 11.5 Å². The summed E-state index contributed by atoms with van der Waals surface area (Å²) in [6.45, 7) is 5.11. The fourth-order valence-corrected chi connectivity index (χ4v) is 4.63. The Morgan fingerprint density at radius 2 is 1.86 bits per heavy atom. The van der Waals surface area contributed by atoms with Crippen LogP contribution in [0.1, 0.15) is 49.3 Å². The van der Waals surface area contributed by atoms with E-state index in [2.05, 4.69) is 15.3 Å². The number of likely N-dealkylation sites (N-methyl/N-ethyl adjacent to an activating group) is 1. The van der Waals surface area contributed by atoms with Gasteiger partial charge in [0, 0.05) is 29.2 Å². The van der Waals surface area contributed by atoms with E-state index in [1.165, 1.54) is 24.0 Å². The van der Waals surface area contributed by atoms with Crippen LogP contribution >= 0.6 is 0 Å². The predicted octanol–water partition coefficient (Wildman–Crippen LogP) is 4.25. The molecule has 1 aliphatic heterocycles. The zero-order chi connectivity index (χ0) is 26.8. The molecule has 1 aromatic heterocycles. The molecule has 7 nitrogen and oxygen atoms in total. The van der Waals surface area contributed by atoms with Crippen molar-refractivity contribution in [3.63, 3.8) is 0 Å². The molecule has 0 fully saturated rings. The topological polar surface area (TPSA) is 98.6 Å². The molecule has 3 aromatic rings. The lowest BCUT2D eigenvalue weighted by Gasteiger charge is -2.30. The number of carbonyl (C=O) groups is 1. The highest BCUT2D eigenvalue weighted by Crippen LogP contribution is 2.44. The van der Waals surface area contributed by atoms with E-state index in [1.807, 2.05) is 19.9 Å². The zero-order valence-electron chi connectivity index (χ0n) is 20.3. The lowest BCUT2D eigenvalue weighted by Crippen LogP contribution is -2.46. The van der Waals surface area contributed by atoms with Crippen LogP contribution in [0, 0.1) is 12.7 Å². The number of rotatable bonds is 5. The minimum Gasteiger partial charge on any atom is -0.393 e. The van der Waals surface area contributed by atoms with Gasteiger partial charge in [-0.05, 0) is 45.4 Å². The number of hydrogen-bond acceptors (Lipinski definition) is 6. The zero-order valence-corrected chi connectivity index (χ0v) is 20.3. The average Bonchev–Trinajstić information content (AvgIpc) is 2.96. The van der Waals surface area contributed by atoms with E-state index in [4.69, 9.17) is 0 Å². The molecule has 0 bridgehead atoms. The Kier molecular flexibility index (Phi) is 6.00. The van der Waals surface area contributed by atoms with E-state index < -0.39 is 41.2 Å². The Hall–Kier alpha value is -3.31. The van der Waals surface area contributed by atoms with Crippen molar-refractivity contribution in [2.24, 2.45) is 0 Å². The fraction of sp³-hybridized carbons (Fsp3) is 0.400. The van der Waals surface area contributed by atoms with Crippen molar-refractivity contribution >= 4 is 28.3 Å². The van der Waals surface area contributed by atoms with E-state index >= 15 is 4.39 Å². The average molecular weight is 507 g/mol. The second-order valence-electron chi connectivity index (χ2n) is 9.59. The Morgan fingerprint density at radius 1 is 1.19 bits per heavy atom. The second-order valence-corrected chi connectivity index (χ2v) is 9.59. The van der Waals surface area contributed by atoms with Gasteiger partial charge < -0.3 is 20.4 Å². The van der Waals surface area contributed by atoms with Crippen molar-refractivity contribution in [2.45, 2.75) is 50.9 Å². The summed E-state index contributed by atoms with van der Waals surface area (Å²) in [5.41, 5.74) is -3.72. The SMILES string of the molecule is Cc1nc(NC(C)c2cccc(C(O)(CO)C(F)(F)F)c2F)c2cc3c(cc2n1)C(C)(C)C(=O)N3C. The van der Waals surface area contributed by atoms with Crippen LogP contribution in [0.25, 0.3) is 10.9 Å². The Bertz CT molecular complexity index is 1380. The first kappa shape index (κ1) is 25.8. The number of hydrogen-bond donors (Lipinski definition) is 3. The van der Waals surface area contributed by atoms with Gasteiger partial charge in [0.1, 0.15) is 17.5 Å². The molecule has 3 N–H and O–H groups in total. The van der Waals surface area contributed by atoms with E-state index in [0.29, 0.717) is 28.2 Å². The number of benzene rings is 2. The number of aliphatic hydroxyl groups is 2. The van der Waals surface area contributed by atoms with Gasteiger partial charge in [-0.15, -0.1) is 0 Å². The van der Waals surface area contributed by atoms with Crippen LogP contribution in [0.15, 0.2) is 30.3 Å². The summed E-state index contributed by atoms with van der Waals surface area (Å²) in [7, 11) is 1.66. The highest BCUT2D eigenvalue weighted by molar-refractivity contribution is 6.10. The number of nitrogens with zero attached hydrogens (tertiary/aromatic N) is 3. The number of anilines is 2. The van der Waals surface area contributed by atoms with Crippen molar-refractivity contribution in [3.05, 3.63) is 58.7 Å². The molecule has 2 unspecified atom stereocenters. The molecule has 2 atom stereocenters. The number of aryl methyl sites for hydroxylation is 1. The van der Waals surface area contributed by atoms with Gasteiger partial charge in [-0.25, -0.2) is 14.4 Å². The summed E-state index contributed by atoms with van der Waals surface area (Å²) >= 11 is 0. The van der Waals surface area contributed by atoms with Crippen LogP contribution in [0.5, 0.6) is 0 Å². The quantitative estimate of drug-likeness (QED) is 0.448. The molecule has 1 aliphatic rings. The molecule has 1 amide bonds. The maximum atomic E-state index is 15.3. The molecule has 0 aliphatic carbocycles. The van der Waals surface area contributed by atoms with Gasteiger partial charge in [-0.3, -0.25) is 4.79 Å². The highest BCUT2D eigenvalue weighted by Gasteiger charge is 2.56. The lowest BCUT2D eigenvalue weighted by molar-refractivity contribution is -0.278. The van der Waals surface area contributed by atoms with Crippen molar-refractivity contribution in [2.75, 3.05) is 23.9 Å². The van der Waals surface area contributed by atoms with Crippen LogP contribution in [0.2, 0.25) is 0 Å². The molecule has 0 saturated carbocycles. The number of alkyl halides is 3. The summed E-state index contributed by atoms with van der Waals surface area (Å²) in [5, 5.41) is 22.9. The number of halogens is 4. The summed E-state index contributed by atoms with van der Waals surface area (Å²) in [6.07, 6.45) is -5.30. The molecule has 36 heavy (non-hydrogen) atoms. The molecular formula is C25H26F4N4O3. The van der Waals surface area contributed by atoms with Gasteiger partial charge >= 0.3 is 6.18 Å². The Balaban J connectivity index is 1.79. The lowest BCUT2D eigenvalue weighted by atomic mass is 9.85. The van der Waals surface area contributed by atoms with Crippen molar-refractivity contribution in [1.29, 1.82) is 0 Å². The van der Waals surface area contributed by atoms with Crippen LogP contribution in [-0.2, 0) is 15.8 Å². The van der Waals surface area contributed by atoms with Gasteiger partial charge in [0.25, 0.3) is 0 Å². The van der Waals surface area contributed by atoms with E-state index in [1.54, 1.807) is 20.0 Å². The summed E-state index contributed by atoms with van der Waals surface area (Å²) < 4.78 is 55.7. The number of fused-ring (bicyclic) bond motifs is 2. The molecule has 0 radical (unpaired) electrons. The maximum absolute atomic E-state index is 15.3. The second kappa shape index (κ2) is 8.38. The van der Waals surface area contributed by atoms with E-state index in [9.17, 15) is 28.2 Å². The Morgan fingerprint density at radius 3 is 2.47 bits per heavy atom. The largest absolute Gasteiger partial charge is 0.423 e. The number of nitrogens with one attached hydrogen (secondary N) is 1. The van der Waals surface area contributed by atoms with Crippen LogP contribution in [-0.4, -0.2) is 45.9 Å².